The first kappa shape index (κ1) is 19.4. The molecule has 0 aliphatic heterocycles. The monoisotopic (exact) mass is 358 g/mol. The molecule has 0 bridgehead atoms. The zero-order valence-corrected chi connectivity index (χ0v) is 13.4. The van der Waals surface area contributed by atoms with Crippen molar-refractivity contribution < 1.29 is 18.3 Å². The summed E-state index contributed by atoms with van der Waals surface area (Å²) in [5, 5.41) is 12.5. The maximum absolute atomic E-state index is 13.0. The van der Waals surface area contributed by atoms with Crippen molar-refractivity contribution in [1.29, 1.82) is 0 Å². The molecule has 1 aromatic rings. The Balaban J connectivity index is 0.00000242. The number of anilines is 1. The molecular formula is C14H19Cl2F3N2O. The number of hydrogen-bond donors (Lipinski definition) is 3. The van der Waals surface area contributed by atoms with Crippen LogP contribution in [0.4, 0.5) is 18.9 Å². The van der Waals surface area contributed by atoms with Crippen LogP contribution in [0.5, 0.6) is 0 Å². The molecule has 1 fully saturated rings. The molecule has 1 unspecified atom stereocenters. The zero-order chi connectivity index (χ0) is 15.6. The smallest absolute Gasteiger partial charge is 0.397 e. The molecule has 126 valence electrons. The minimum absolute atomic E-state index is 0. The standard InChI is InChI=1S/C14H18ClF3N2O.ClH/c15-11-6-8(5-10(13(11)19)14(16,17)18)12(7-21)20-9-3-1-2-4-9;/h5-6,9,12,20-21H,1-4,7,19H2;1H. The molecule has 0 heterocycles. The molecule has 3 nitrogen and oxygen atoms in total. The summed E-state index contributed by atoms with van der Waals surface area (Å²) in [5.74, 6) is 0. The molecule has 0 saturated heterocycles. The van der Waals surface area contributed by atoms with Gasteiger partial charge in [0, 0.05) is 6.04 Å². The molecule has 1 aliphatic carbocycles. The van der Waals surface area contributed by atoms with Crippen LogP contribution in [0.25, 0.3) is 0 Å². The third-order valence-corrected chi connectivity index (χ3v) is 4.15. The summed E-state index contributed by atoms with van der Waals surface area (Å²) in [6, 6.07) is 1.99. The molecule has 22 heavy (non-hydrogen) atoms. The summed E-state index contributed by atoms with van der Waals surface area (Å²) in [4.78, 5) is 0. The molecule has 8 heteroatoms. The van der Waals surface area contributed by atoms with Gasteiger partial charge in [-0.25, -0.2) is 0 Å². The van der Waals surface area contributed by atoms with Gasteiger partial charge in [-0.3, -0.25) is 0 Å². The van der Waals surface area contributed by atoms with Crippen molar-refractivity contribution in [2.45, 2.75) is 43.9 Å². The lowest BCUT2D eigenvalue weighted by atomic mass is 10.0. The summed E-state index contributed by atoms with van der Waals surface area (Å²) in [6.07, 6.45) is -0.466. The molecule has 0 radical (unpaired) electrons. The van der Waals surface area contributed by atoms with Gasteiger partial charge < -0.3 is 16.2 Å². The molecule has 1 aliphatic rings. The highest BCUT2D eigenvalue weighted by molar-refractivity contribution is 6.33. The van der Waals surface area contributed by atoms with E-state index in [4.69, 9.17) is 17.3 Å². The van der Waals surface area contributed by atoms with Gasteiger partial charge in [-0.15, -0.1) is 12.4 Å². The van der Waals surface area contributed by atoms with Crippen molar-refractivity contribution in [3.63, 3.8) is 0 Å². The fraction of sp³-hybridized carbons (Fsp3) is 0.571. The van der Waals surface area contributed by atoms with Crippen LogP contribution in [0.1, 0.15) is 42.9 Å². The number of hydrogen-bond acceptors (Lipinski definition) is 3. The zero-order valence-electron chi connectivity index (χ0n) is 11.8. The summed E-state index contributed by atoms with van der Waals surface area (Å²) in [7, 11) is 0. The van der Waals surface area contributed by atoms with E-state index in [-0.39, 0.29) is 30.1 Å². The molecule has 1 atom stereocenters. The maximum Gasteiger partial charge on any atom is 0.418 e. The van der Waals surface area contributed by atoms with Crippen molar-refractivity contribution in [2.24, 2.45) is 0 Å². The second-order valence-electron chi connectivity index (χ2n) is 5.34. The third-order valence-electron chi connectivity index (χ3n) is 3.83. The first-order chi connectivity index (χ1) is 9.82. The number of nitrogens with one attached hydrogen (secondary N) is 1. The van der Waals surface area contributed by atoms with Crippen molar-refractivity contribution in [3.05, 3.63) is 28.3 Å². The van der Waals surface area contributed by atoms with Crippen LogP contribution >= 0.6 is 24.0 Å². The Morgan fingerprint density at radius 2 is 1.91 bits per heavy atom. The fourth-order valence-electron chi connectivity index (χ4n) is 2.71. The molecule has 1 aromatic carbocycles. The van der Waals surface area contributed by atoms with E-state index in [0.717, 1.165) is 31.7 Å². The second kappa shape index (κ2) is 7.73. The van der Waals surface area contributed by atoms with E-state index in [1.54, 1.807) is 0 Å². The molecule has 1 saturated carbocycles. The Morgan fingerprint density at radius 1 is 1.32 bits per heavy atom. The highest BCUT2D eigenvalue weighted by Crippen LogP contribution is 2.39. The molecule has 0 amide bonds. The molecule has 0 aromatic heterocycles. The minimum Gasteiger partial charge on any atom is -0.397 e. The fourth-order valence-corrected chi connectivity index (χ4v) is 2.93. The van der Waals surface area contributed by atoms with E-state index < -0.39 is 23.5 Å². The molecular weight excluding hydrogens is 340 g/mol. The number of rotatable bonds is 4. The van der Waals surface area contributed by atoms with Crippen molar-refractivity contribution in [2.75, 3.05) is 12.3 Å². The summed E-state index contributed by atoms with van der Waals surface area (Å²) in [5.41, 5.74) is 4.27. The van der Waals surface area contributed by atoms with Gasteiger partial charge in [-0.05, 0) is 30.5 Å². The minimum atomic E-state index is -4.57. The number of benzene rings is 1. The van der Waals surface area contributed by atoms with Crippen LogP contribution in [0.3, 0.4) is 0 Å². The van der Waals surface area contributed by atoms with Gasteiger partial charge in [-0.2, -0.15) is 13.2 Å². The van der Waals surface area contributed by atoms with Gasteiger partial charge in [0.25, 0.3) is 0 Å². The van der Waals surface area contributed by atoms with Crippen LogP contribution in [0.2, 0.25) is 5.02 Å². The molecule has 4 N–H and O–H groups in total. The van der Waals surface area contributed by atoms with Crippen molar-refractivity contribution in [1.82, 2.24) is 5.32 Å². The van der Waals surface area contributed by atoms with Crippen LogP contribution in [-0.4, -0.2) is 17.8 Å². The number of nitrogens with two attached hydrogens (primary N) is 1. The lowest BCUT2D eigenvalue weighted by Crippen LogP contribution is -2.33. The Bertz CT molecular complexity index is 506. The van der Waals surface area contributed by atoms with E-state index >= 15 is 0 Å². The normalized spacial score (nSPS) is 17.3. The number of aliphatic hydroxyl groups excluding tert-OH is 1. The second-order valence-corrected chi connectivity index (χ2v) is 5.75. The maximum atomic E-state index is 13.0. The number of nitrogen functional groups attached to an aromatic ring is 1. The summed E-state index contributed by atoms with van der Waals surface area (Å²) in [6.45, 7) is -0.298. The number of alkyl halides is 3. The highest BCUT2D eigenvalue weighted by atomic mass is 35.5. The number of halogens is 5. The van der Waals surface area contributed by atoms with Crippen LogP contribution in [0.15, 0.2) is 12.1 Å². The first-order valence-electron chi connectivity index (χ1n) is 6.86. The Kier molecular flexibility index (Phi) is 6.80. The van der Waals surface area contributed by atoms with Gasteiger partial charge in [0.05, 0.1) is 28.9 Å². The average molecular weight is 359 g/mol. The van der Waals surface area contributed by atoms with Crippen molar-refractivity contribution >= 4 is 29.7 Å². The van der Waals surface area contributed by atoms with Crippen LogP contribution < -0.4 is 11.1 Å². The first-order valence-corrected chi connectivity index (χ1v) is 7.23. The highest BCUT2D eigenvalue weighted by Gasteiger charge is 2.35. The van der Waals surface area contributed by atoms with Gasteiger partial charge in [-0.1, -0.05) is 24.4 Å². The van der Waals surface area contributed by atoms with E-state index in [2.05, 4.69) is 5.32 Å². The third kappa shape index (κ3) is 4.41. The number of aliphatic hydroxyl groups is 1. The average Bonchev–Trinajstić information content (AvgIpc) is 2.90. The SMILES string of the molecule is Cl.Nc1c(Cl)cc(C(CO)NC2CCCC2)cc1C(F)(F)F. The Hall–Kier alpha value is -0.690. The summed E-state index contributed by atoms with van der Waals surface area (Å²) < 4.78 is 38.9. The Morgan fingerprint density at radius 3 is 2.41 bits per heavy atom. The molecule has 2 rings (SSSR count). The van der Waals surface area contributed by atoms with Crippen molar-refractivity contribution in [3.8, 4) is 0 Å². The predicted octanol–water partition coefficient (Wildman–Crippen LogP) is 3.93. The lowest BCUT2D eigenvalue weighted by molar-refractivity contribution is -0.137. The summed E-state index contributed by atoms with van der Waals surface area (Å²) >= 11 is 5.81. The topological polar surface area (TPSA) is 58.3 Å². The lowest BCUT2D eigenvalue weighted by Gasteiger charge is -2.23. The van der Waals surface area contributed by atoms with E-state index in [1.807, 2.05) is 0 Å². The van der Waals surface area contributed by atoms with Crippen LogP contribution in [0, 0.1) is 0 Å². The predicted molar refractivity (Wildman–Crippen MR) is 83.3 cm³/mol. The van der Waals surface area contributed by atoms with E-state index in [9.17, 15) is 18.3 Å². The van der Waals surface area contributed by atoms with Gasteiger partial charge in [0.2, 0.25) is 0 Å². The molecule has 0 spiro atoms. The van der Waals surface area contributed by atoms with Gasteiger partial charge >= 0.3 is 6.18 Å². The van der Waals surface area contributed by atoms with Crippen LogP contribution in [-0.2, 0) is 6.18 Å². The van der Waals surface area contributed by atoms with Gasteiger partial charge in [0.1, 0.15) is 0 Å². The Labute approximate surface area is 138 Å². The largest absolute Gasteiger partial charge is 0.418 e. The van der Waals surface area contributed by atoms with Gasteiger partial charge in [0.15, 0.2) is 0 Å². The quantitative estimate of drug-likeness (QED) is 0.714. The van der Waals surface area contributed by atoms with E-state index in [1.165, 1.54) is 6.07 Å². The van der Waals surface area contributed by atoms with E-state index in [0.29, 0.717) is 5.56 Å².